The summed E-state index contributed by atoms with van der Waals surface area (Å²) < 4.78 is 11.1. The lowest BCUT2D eigenvalue weighted by molar-refractivity contribution is 0.348. The van der Waals surface area contributed by atoms with Gasteiger partial charge in [0.05, 0.1) is 13.7 Å². The standard InChI is InChI=1S/C17H17NO2/c1-12-7-8-13(14-5-3-4-6-16(14)19-2)15(11-12)17-18-9-10-20-17/h3-8,11H,9-10H2,1-2H3. The Morgan fingerprint density at radius 2 is 1.90 bits per heavy atom. The number of aryl methyl sites for hydroxylation is 1. The lowest BCUT2D eigenvalue weighted by atomic mass is 9.97. The maximum Gasteiger partial charge on any atom is 0.216 e. The van der Waals surface area contributed by atoms with Gasteiger partial charge in [-0.2, -0.15) is 0 Å². The van der Waals surface area contributed by atoms with Crippen LogP contribution in [0.5, 0.6) is 5.75 Å². The first-order valence-electron chi connectivity index (χ1n) is 6.71. The molecule has 0 amide bonds. The Hall–Kier alpha value is -2.29. The second kappa shape index (κ2) is 5.37. The zero-order valence-electron chi connectivity index (χ0n) is 11.7. The van der Waals surface area contributed by atoms with E-state index < -0.39 is 0 Å². The fourth-order valence-electron chi connectivity index (χ4n) is 2.44. The fraction of sp³-hybridized carbons (Fsp3) is 0.235. The van der Waals surface area contributed by atoms with Crippen molar-refractivity contribution in [3.05, 3.63) is 53.6 Å². The predicted molar refractivity (Wildman–Crippen MR) is 80.5 cm³/mol. The smallest absolute Gasteiger partial charge is 0.216 e. The van der Waals surface area contributed by atoms with Gasteiger partial charge in [0, 0.05) is 11.1 Å². The molecule has 3 nitrogen and oxygen atoms in total. The van der Waals surface area contributed by atoms with E-state index in [1.165, 1.54) is 5.56 Å². The van der Waals surface area contributed by atoms with Gasteiger partial charge in [0.2, 0.25) is 5.90 Å². The van der Waals surface area contributed by atoms with E-state index in [0.717, 1.165) is 34.9 Å². The van der Waals surface area contributed by atoms with Crippen LogP contribution in [0.25, 0.3) is 11.1 Å². The van der Waals surface area contributed by atoms with E-state index in [9.17, 15) is 0 Å². The summed E-state index contributed by atoms with van der Waals surface area (Å²) >= 11 is 0. The van der Waals surface area contributed by atoms with Gasteiger partial charge in [-0.3, -0.25) is 0 Å². The van der Waals surface area contributed by atoms with E-state index in [1.54, 1.807) is 7.11 Å². The molecule has 1 aliphatic heterocycles. The minimum Gasteiger partial charge on any atom is -0.496 e. The van der Waals surface area contributed by atoms with Crippen molar-refractivity contribution in [2.75, 3.05) is 20.3 Å². The monoisotopic (exact) mass is 267 g/mol. The maximum atomic E-state index is 5.64. The number of ether oxygens (including phenoxy) is 2. The van der Waals surface area contributed by atoms with Crippen molar-refractivity contribution in [2.24, 2.45) is 4.99 Å². The summed E-state index contributed by atoms with van der Waals surface area (Å²) in [5.74, 6) is 1.59. The molecule has 2 aromatic carbocycles. The minimum absolute atomic E-state index is 0.661. The van der Waals surface area contributed by atoms with E-state index in [0.29, 0.717) is 6.61 Å². The van der Waals surface area contributed by atoms with Crippen LogP contribution < -0.4 is 4.74 Å². The maximum absolute atomic E-state index is 5.64. The van der Waals surface area contributed by atoms with Crippen LogP contribution in [0.2, 0.25) is 0 Å². The van der Waals surface area contributed by atoms with E-state index in [4.69, 9.17) is 9.47 Å². The first kappa shape index (κ1) is 12.7. The van der Waals surface area contributed by atoms with E-state index in [-0.39, 0.29) is 0 Å². The summed E-state index contributed by atoms with van der Waals surface area (Å²) in [7, 11) is 1.69. The molecular weight excluding hydrogens is 250 g/mol. The van der Waals surface area contributed by atoms with E-state index >= 15 is 0 Å². The van der Waals surface area contributed by atoms with Crippen LogP contribution in [-0.4, -0.2) is 26.2 Å². The Morgan fingerprint density at radius 3 is 2.65 bits per heavy atom. The third-order valence-corrected chi connectivity index (χ3v) is 3.39. The largest absolute Gasteiger partial charge is 0.496 e. The summed E-state index contributed by atoms with van der Waals surface area (Å²) in [6, 6.07) is 14.3. The van der Waals surface area contributed by atoms with Crippen molar-refractivity contribution < 1.29 is 9.47 Å². The molecule has 1 aliphatic rings. The highest BCUT2D eigenvalue weighted by Gasteiger charge is 2.17. The molecule has 1 heterocycles. The van der Waals surface area contributed by atoms with Crippen LogP contribution in [-0.2, 0) is 4.74 Å². The third-order valence-electron chi connectivity index (χ3n) is 3.39. The second-order valence-electron chi connectivity index (χ2n) is 4.78. The molecule has 20 heavy (non-hydrogen) atoms. The van der Waals surface area contributed by atoms with Crippen LogP contribution in [0.15, 0.2) is 47.5 Å². The molecule has 0 saturated heterocycles. The molecule has 0 spiro atoms. The number of aliphatic imine (C=N–C) groups is 1. The van der Waals surface area contributed by atoms with Crippen LogP contribution in [0.4, 0.5) is 0 Å². The highest BCUT2D eigenvalue weighted by atomic mass is 16.5. The van der Waals surface area contributed by atoms with Gasteiger partial charge in [0.25, 0.3) is 0 Å². The minimum atomic E-state index is 0.661. The molecule has 0 N–H and O–H groups in total. The molecule has 102 valence electrons. The predicted octanol–water partition coefficient (Wildman–Crippen LogP) is 3.45. The van der Waals surface area contributed by atoms with Crippen molar-refractivity contribution in [1.29, 1.82) is 0 Å². The quantitative estimate of drug-likeness (QED) is 0.852. The summed E-state index contributed by atoms with van der Waals surface area (Å²) in [6.07, 6.45) is 0. The normalized spacial score (nSPS) is 13.8. The van der Waals surface area contributed by atoms with Gasteiger partial charge in [0.15, 0.2) is 0 Å². The summed E-state index contributed by atoms with van der Waals surface area (Å²) in [6.45, 7) is 3.47. The Balaban J connectivity index is 2.18. The highest BCUT2D eigenvalue weighted by molar-refractivity contribution is 6.02. The first-order chi connectivity index (χ1) is 9.79. The highest BCUT2D eigenvalue weighted by Crippen LogP contribution is 2.33. The van der Waals surface area contributed by atoms with E-state index in [1.807, 2.05) is 18.2 Å². The zero-order valence-corrected chi connectivity index (χ0v) is 11.7. The molecule has 3 rings (SSSR count). The molecule has 0 radical (unpaired) electrons. The number of hydrogen-bond donors (Lipinski definition) is 0. The average molecular weight is 267 g/mol. The molecule has 0 unspecified atom stereocenters. The van der Waals surface area contributed by atoms with Gasteiger partial charge in [-0.15, -0.1) is 0 Å². The molecule has 3 heteroatoms. The van der Waals surface area contributed by atoms with Gasteiger partial charge in [-0.25, -0.2) is 4.99 Å². The SMILES string of the molecule is COc1ccccc1-c1ccc(C)cc1C1=NCCO1. The van der Waals surface area contributed by atoms with Crippen molar-refractivity contribution in [3.8, 4) is 16.9 Å². The summed E-state index contributed by atoms with van der Waals surface area (Å²) in [5.41, 5.74) is 4.38. The van der Waals surface area contributed by atoms with Gasteiger partial charge in [-0.05, 0) is 24.6 Å². The molecule has 2 aromatic rings. The number of hydrogen-bond acceptors (Lipinski definition) is 3. The molecule has 0 saturated carbocycles. The van der Waals surface area contributed by atoms with Crippen molar-refractivity contribution >= 4 is 5.90 Å². The van der Waals surface area contributed by atoms with Gasteiger partial charge in [-0.1, -0.05) is 35.9 Å². The van der Waals surface area contributed by atoms with Gasteiger partial charge >= 0.3 is 0 Å². The average Bonchev–Trinajstić information content (AvgIpc) is 3.01. The first-order valence-corrected chi connectivity index (χ1v) is 6.71. The number of rotatable bonds is 3. The Morgan fingerprint density at radius 1 is 1.05 bits per heavy atom. The number of benzene rings is 2. The van der Waals surface area contributed by atoms with Crippen LogP contribution in [0.1, 0.15) is 11.1 Å². The van der Waals surface area contributed by atoms with Crippen LogP contribution >= 0.6 is 0 Å². The number of nitrogens with zero attached hydrogens (tertiary/aromatic N) is 1. The topological polar surface area (TPSA) is 30.8 Å². The summed E-state index contributed by atoms with van der Waals surface area (Å²) in [5, 5.41) is 0. The molecule has 0 fully saturated rings. The van der Waals surface area contributed by atoms with Crippen LogP contribution in [0.3, 0.4) is 0 Å². The van der Waals surface area contributed by atoms with Crippen molar-refractivity contribution in [1.82, 2.24) is 0 Å². The second-order valence-corrected chi connectivity index (χ2v) is 4.78. The summed E-state index contributed by atoms with van der Waals surface area (Å²) in [4.78, 5) is 4.44. The zero-order chi connectivity index (χ0) is 13.9. The van der Waals surface area contributed by atoms with Crippen LogP contribution in [0, 0.1) is 6.92 Å². The number of para-hydroxylation sites is 1. The molecule has 0 bridgehead atoms. The number of methoxy groups -OCH3 is 1. The lowest BCUT2D eigenvalue weighted by Crippen LogP contribution is -2.04. The molecule has 0 atom stereocenters. The molecule has 0 aliphatic carbocycles. The fourth-order valence-corrected chi connectivity index (χ4v) is 2.44. The Kier molecular flexibility index (Phi) is 3.42. The third kappa shape index (κ3) is 2.27. The van der Waals surface area contributed by atoms with E-state index in [2.05, 4.69) is 36.2 Å². The van der Waals surface area contributed by atoms with Crippen molar-refractivity contribution in [2.45, 2.75) is 6.92 Å². The Labute approximate surface area is 118 Å². The van der Waals surface area contributed by atoms with Crippen molar-refractivity contribution in [3.63, 3.8) is 0 Å². The van der Waals surface area contributed by atoms with Gasteiger partial charge in [0.1, 0.15) is 12.4 Å². The molecule has 0 aromatic heterocycles. The Bertz CT molecular complexity index is 662. The van der Waals surface area contributed by atoms with Gasteiger partial charge < -0.3 is 9.47 Å². The lowest BCUT2D eigenvalue weighted by Gasteiger charge is -2.13. The molecular formula is C17H17NO2.